The van der Waals surface area contributed by atoms with Gasteiger partial charge in [-0.3, -0.25) is 0 Å². The molecule has 1 unspecified atom stereocenters. The van der Waals surface area contributed by atoms with Crippen LogP contribution >= 0.6 is 12.4 Å². The molecule has 0 radical (unpaired) electrons. The molecule has 3 nitrogen and oxygen atoms in total. The maximum Gasteiger partial charge on any atom is 0.137 e. The van der Waals surface area contributed by atoms with Crippen molar-refractivity contribution in [1.82, 2.24) is 9.97 Å². The lowest BCUT2D eigenvalue weighted by atomic mass is 10.1. The van der Waals surface area contributed by atoms with E-state index in [1.165, 1.54) is 16.3 Å². The maximum atomic E-state index is 4.46. The smallest absolute Gasteiger partial charge is 0.137 e. The number of rotatable bonds is 3. The van der Waals surface area contributed by atoms with Crippen molar-refractivity contribution in [3.05, 3.63) is 78.6 Å². The molecule has 24 heavy (non-hydrogen) atoms. The van der Waals surface area contributed by atoms with Crippen LogP contribution in [-0.4, -0.2) is 9.97 Å². The first kappa shape index (κ1) is 16.2. The Morgan fingerprint density at radius 1 is 0.833 bits per heavy atom. The van der Waals surface area contributed by atoms with Gasteiger partial charge in [-0.05, 0) is 35.4 Å². The molecule has 0 aliphatic heterocycles. The fourth-order valence-electron chi connectivity index (χ4n) is 2.89. The molecule has 0 saturated carbocycles. The van der Waals surface area contributed by atoms with Gasteiger partial charge < -0.3 is 5.32 Å². The molecule has 120 valence electrons. The minimum absolute atomic E-state index is 0. The molecule has 0 aliphatic carbocycles. The number of fused-ring (bicyclic) bond motifs is 2. The zero-order valence-corrected chi connectivity index (χ0v) is 14.1. The number of aromatic nitrogens is 2. The fraction of sp³-hybridized carbons (Fsp3) is 0.100. The molecule has 1 N–H and O–H groups in total. The summed E-state index contributed by atoms with van der Waals surface area (Å²) in [6, 6.07) is 23.2. The highest BCUT2D eigenvalue weighted by Gasteiger charge is 2.09. The molecule has 0 fully saturated rings. The van der Waals surface area contributed by atoms with Crippen LogP contribution in [-0.2, 0) is 0 Å². The third kappa shape index (κ3) is 3.03. The summed E-state index contributed by atoms with van der Waals surface area (Å²) in [6.45, 7) is 2.14. The molecule has 1 aromatic heterocycles. The van der Waals surface area contributed by atoms with E-state index in [-0.39, 0.29) is 18.4 Å². The van der Waals surface area contributed by atoms with E-state index in [2.05, 4.69) is 76.8 Å². The molecule has 0 bridgehead atoms. The van der Waals surface area contributed by atoms with Crippen molar-refractivity contribution >= 4 is 39.9 Å². The highest BCUT2D eigenvalue weighted by Crippen LogP contribution is 2.27. The standard InChI is InChI=1S/C20H17N3.ClH/c1-14(15-7-3-2-4-8-15)23-20-18-11-16-9-5-6-10-17(16)12-19(18)21-13-22-20;/h2-14H,1H3,(H,21,22,23);1H. The van der Waals surface area contributed by atoms with Crippen LogP contribution in [0.15, 0.2) is 73.1 Å². The summed E-state index contributed by atoms with van der Waals surface area (Å²) in [5, 5.41) is 6.96. The predicted octanol–water partition coefficient (Wildman–Crippen LogP) is 5.38. The minimum Gasteiger partial charge on any atom is -0.363 e. The number of hydrogen-bond acceptors (Lipinski definition) is 3. The van der Waals surface area contributed by atoms with Crippen molar-refractivity contribution in [2.45, 2.75) is 13.0 Å². The van der Waals surface area contributed by atoms with E-state index >= 15 is 0 Å². The molecular formula is C20H18ClN3. The summed E-state index contributed by atoms with van der Waals surface area (Å²) in [5.41, 5.74) is 2.20. The van der Waals surface area contributed by atoms with Crippen molar-refractivity contribution in [1.29, 1.82) is 0 Å². The molecule has 3 aromatic carbocycles. The molecule has 4 heteroatoms. The average molecular weight is 336 g/mol. The molecule has 1 atom stereocenters. The molecule has 0 saturated heterocycles. The van der Waals surface area contributed by atoms with E-state index in [1.54, 1.807) is 6.33 Å². The van der Waals surface area contributed by atoms with Gasteiger partial charge in [-0.25, -0.2) is 9.97 Å². The Bertz CT molecular complexity index is 970. The van der Waals surface area contributed by atoms with Gasteiger partial charge in [0.05, 0.1) is 5.52 Å². The van der Waals surface area contributed by atoms with Crippen LogP contribution in [0.3, 0.4) is 0 Å². The Balaban J connectivity index is 0.00000169. The Hall–Kier alpha value is -2.65. The van der Waals surface area contributed by atoms with Gasteiger partial charge in [0.15, 0.2) is 0 Å². The zero-order valence-electron chi connectivity index (χ0n) is 13.3. The monoisotopic (exact) mass is 335 g/mol. The third-order valence-electron chi connectivity index (χ3n) is 4.16. The van der Waals surface area contributed by atoms with Gasteiger partial charge >= 0.3 is 0 Å². The Morgan fingerprint density at radius 2 is 1.50 bits per heavy atom. The SMILES string of the molecule is CC(Nc1ncnc2cc3ccccc3cc12)c1ccccc1.Cl. The first-order chi connectivity index (χ1) is 11.3. The summed E-state index contributed by atoms with van der Waals surface area (Å²) in [7, 11) is 0. The zero-order chi connectivity index (χ0) is 15.6. The van der Waals surface area contributed by atoms with E-state index in [1.807, 2.05) is 12.1 Å². The number of hydrogen-bond donors (Lipinski definition) is 1. The number of nitrogens with one attached hydrogen (secondary N) is 1. The number of halogens is 1. The number of benzene rings is 3. The highest BCUT2D eigenvalue weighted by molar-refractivity contribution is 6.00. The maximum absolute atomic E-state index is 4.46. The highest BCUT2D eigenvalue weighted by atomic mass is 35.5. The molecule has 0 aliphatic rings. The minimum atomic E-state index is 0. The van der Waals surface area contributed by atoms with Crippen molar-refractivity contribution in [2.75, 3.05) is 5.32 Å². The lowest BCUT2D eigenvalue weighted by molar-refractivity contribution is 0.876. The van der Waals surface area contributed by atoms with Crippen LogP contribution in [0, 0.1) is 0 Å². The predicted molar refractivity (Wildman–Crippen MR) is 103 cm³/mol. The molecule has 4 aromatic rings. The van der Waals surface area contributed by atoms with Gasteiger partial charge in [0.1, 0.15) is 12.1 Å². The van der Waals surface area contributed by atoms with Gasteiger partial charge in [0, 0.05) is 11.4 Å². The van der Waals surface area contributed by atoms with Gasteiger partial charge in [-0.1, -0.05) is 54.6 Å². The molecule has 4 rings (SSSR count). The Kier molecular flexibility index (Phi) is 4.63. The van der Waals surface area contributed by atoms with E-state index in [0.717, 1.165) is 16.7 Å². The second-order valence-corrected chi connectivity index (χ2v) is 5.72. The van der Waals surface area contributed by atoms with Crippen LogP contribution in [0.25, 0.3) is 21.7 Å². The van der Waals surface area contributed by atoms with Crippen LogP contribution in [0.4, 0.5) is 5.82 Å². The van der Waals surface area contributed by atoms with Gasteiger partial charge in [0.25, 0.3) is 0 Å². The van der Waals surface area contributed by atoms with E-state index in [9.17, 15) is 0 Å². The summed E-state index contributed by atoms with van der Waals surface area (Å²) < 4.78 is 0. The fourth-order valence-corrected chi connectivity index (χ4v) is 2.89. The summed E-state index contributed by atoms with van der Waals surface area (Å²) in [5.74, 6) is 0.872. The first-order valence-electron chi connectivity index (χ1n) is 7.76. The lowest BCUT2D eigenvalue weighted by Gasteiger charge is -2.16. The Labute approximate surface area is 147 Å². The molecule has 0 spiro atoms. The third-order valence-corrected chi connectivity index (χ3v) is 4.16. The average Bonchev–Trinajstić information content (AvgIpc) is 2.61. The largest absolute Gasteiger partial charge is 0.363 e. The summed E-state index contributed by atoms with van der Waals surface area (Å²) in [4.78, 5) is 8.88. The van der Waals surface area contributed by atoms with Crippen molar-refractivity contribution in [3.63, 3.8) is 0 Å². The van der Waals surface area contributed by atoms with Crippen LogP contribution < -0.4 is 5.32 Å². The molecule has 1 heterocycles. The first-order valence-corrected chi connectivity index (χ1v) is 7.76. The van der Waals surface area contributed by atoms with Crippen LogP contribution in [0.2, 0.25) is 0 Å². The Morgan fingerprint density at radius 3 is 2.25 bits per heavy atom. The summed E-state index contributed by atoms with van der Waals surface area (Å²) in [6.07, 6.45) is 1.62. The topological polar surface area (TPSA) is 37.8 Å². The van der Waals surface area contributed by atoms with Crippen molar-refractivity contribution < 1.29 is 0 Å². The van der Waals surface area contributed by atoms with Crippen LogP contribution in [0.5, 0.6) is 0 Å². The normalized spacial score (nSPS) is 11.9. The van der Waals surface area contributed by atoms with Crippen LogP contribution in [0.1, 0.15) is 18.5 Å². The number of nitrogens with zero attached hydrogens (tertiary/aromatic N) is 2. The van der Waals surface area contributed by atoms with Gasteiger partial charge in [-0.2, -0.15) is 0 Å². The quantitative estimate of drug-likeness (QED) is 0.511. The van der Waals surface area contributed by atoms with E-state index in [0.29, 0.717) is 0 Å². The van der Waals surface area contributed by atoms with Gasteiger partial charge in [-0.15, -0.1) is 12.4 Å². The number of anilines is 1. The van der Waals surface area contributed by atoms with Crippen molar-refractivity contribution in [2.24, 2.45) is 0 Å². The second kappa shape index (κ2) is 6.85. The molecular weight excluding hydrogens is 318 g/mol. The lowest BCUT2D eigenvalue weighted by Crippen LogP contribution is -2.08. The second-order valence-electron chi connectivity index (χ2n) is 5.72. The molecule has 0 amide bonds. The van der Waals surface area contributed by atoms with E-state index < -0.39 is 0 Å². The van der Waals surface area contributed by atoms with E-state index in [4.69, 9.17) is 0 Å². The van der Waals surface area contributed by atoms with Gasteiger partial charge in [0.2, 0.25) is 0 Å². The summed E-state index contributed by atoms with van der Waals surface area (Å²) >= 11 is 0. The van der Waals surface area contributed by atoms with Crippen molar-refractivity contribution in [3.8, 4) is 0 Å².